The summed E-state index contributed by atoms with van der Waals surface area (Å²) in [5.74, 6) is -1.79. The average Bonchev–Trinajstić information content (AvgIpc) is 2.43. The van der Waals surface area contributed by atoms with Crippen LogP contribution in [0.1, 0.15) is 18.5 Å². The largest absolute Gasteiger partial charge is 0.435 e. The molecule has 1 atom stereocenters. The molecule has 0 spiro atoms. The molecule has 0 bridgehead atoms. The number of hydrogen-bond acceptors (Lipinski definition) is 2. The van der Waals surface area contributed by atoms with Crippen LogP contribution in [0, 0.1) is 11.6 Å². The van der Waals surface area contributed by atoms with E-state index in [1.165, 1.54) is 18.2 Å². The molecule has 0 aliphatic carbocycles. The third-order valence-corrected chi connectivity index (χ3v) is 2.91. The first-order chi connectivity index (χ1) is 9.95. The van der Waals surface area contributed by atoms with Gasteiger partial charge in [0.05, 0.1) is 0 Å². The van der Waals surface area contributed by atoms with E-state index < -0.39 is 18.2 Å². The van der Waals surface area contributed by atoms with Crippen LogP contribution >= 0.6 is 0 Å². The summed E-state index contributed by atoms with van der Waals surface area (Å²) in [6.45, 7) is -1.06. The van der Waals surface area contributed by atoms with E-state index in [9.17, 15) is 17.6 Å². The first-order valence-electron chi connectivity index (χ1n) is 6.22. The number of ether oxygens (including phenoxy) is 1. The Balaban J connectivity index is 2.05. The summed E-state index contributed by atoms with van der Waals surface area (Å²) in [7, 11) is 0. The van der Waals surface area contributed by atoms with Crippen LogP contribution < -0.4 is 10.1 Å². The van der Waals surface area contributed by atoms with Gasteiger partial charge in [-0.1, -0.05) is 12.1 Å². The molecule has 0 radical (unpaired) electrons. The molecule has 6 heteroatoms. The van der Waals surface area contributed by atoms with E-state index in [1.54, 1.807) is 12.1 Å². The highest BCUT2D eigenvalue weighted by molar-refractivity contribution is 5.46. The van der Waals surface area contributed by atoms with Crippen molar-refractivity contribution in [1.29, 1.82) is 0 Å². The number of hydrogen-bond donors (Lipinski definition) is 1. The molecule has 0 heterocycles. The smallest absolute Gasteiger partial charge is 0.387 e. The van der Waals surface area contributed by atoms with Crippen LogP contribution in [-0.4, -0.2) is 6.61 Å². The van der Waals surface area contributed by atoms with Crippen LogP contribution in [0.5, 0.6) is 5.75 Å². The molecular formula is C15H13F4NO. The number of benzene rings is 2. The first kappa shape index (κ1) is 15.2. The van der Waals surface area contributed by atoms with Crippen molar-refractivity contribution in [3.63, 3.8) is 0 Å². The summed E-state index contributed by atoms with van der Waals surface area (Å²) in [6.07, 6.45) is 0. The van der Waals surface area contributed by atoms with Crippen molar-refractivity contribution < 1.29 is 22.3 Å². The SMILES string of the molecule is CC(Nc1ccc(F)c(F)c1)c1ccc(OC(F)F)cc1. The number of rotatable bonds is 5. The van der Waals surface area contributed by atoms with Gasteiger partial charge in [-0.15, -0.1) is 0 Å². The zero-order valence-corrected chi connectivity index (χ0v) is 11.1. The predicted octanol–water partition coefficient (Wildman–Crippen LogP) is 4.74. The number of halogens is 4. The Bertz CT molecular complexity index is 601. The predicted molar refractivity (Wildman–Crippen MR) is 71.5 cm³/mol. The van der Waals surface area contributed by atoms with Gasteiger partial charge in [-0.05, 0) is 36.8 Å². The Morgan fingerprint density at radius 1 is 0.952 bits per heavy atom. The molecule has 1 unspecified atom stereocenters. The molecular weight excluding hydrogens is 286 g/mol. The third kappa shape index (κ3) is 4.11. The Hall–Kier alpha value is -2.24. The van der Waals surface area contributed by atoms with Gasteiger partial charge < -0.3 is 10.1 Å². The Kier molecular flexibility index (Phi) is 4.67. The molecule has 0 aliphatic rings. The first-order valence-corrected chi connectivity index (χ1v) is 6.22. The topological polar surface area (TPSA) is 21.3 Å². The quantitative estimate of drug-likeness (QED) is 0.805. The lowest BCUT2D eigenvalue weighted by Gasteiger charge is -2.16. The molecule has 2 aromatic carbocycles. The molecule has 2 nitrogen and oxygen atoms in total. The van der Waals surface area contributed by atoms with Crippen LogP contribution in [0.2, 0.25) is 0 Å². The summed E-state index contributed by atoms with van der Waals surface area (Å²) in [4.78, 5) is 0. The van der Waals surface area contributed by atoms with Gasteiger partial charge in [-0.2, -0.15) is 8.78 Å². The van der Waals surface area contributed by atoms with Gasteiger partial charge in [-0.25, -0.2) is 8.78 Å². The van der Waals surface area contributed by atoms with E-state index in [0.717, 1.165) is 17.7 Å². The van der Waals surface area contributed by atoms with Crippen molar-refractivity contribution in [2.24, 2.45) is 0 Å². The van der Waals surface area contributed by atoms with E-state index >= 15 is 0 Å². The second-order valence-electron chi connectivity index (χ2n) is 4.44. The molecule has 1 N–H and O–H groups in total. The monoisotopic (exact) mass is 299 g/mol. The molecule has 0 fully saturated rings. The van der Waals surface area contributed by atoms with Crippen molar-refractivity contribution in [3.05, 3.63) is 59.7 Å². The molecule has 112 valence electrons. The molecule has 0 saturated carbocycles. The minimum atomic E-state index is -2.87. The highest BCUT2D eigenvalue weighted by Gasteiger charge is 2.09. The fourth-order valence-corrected chi connectivity index (χ4v) is 1.86. The van der Waals surface area contributed by atoms with Gasteiger partial charge in [0.2, 0.25) is 0 Å². The van der Waals surface area contributed by atoms with E-state index in [-0.39, 0.29) is 11.8 Å². The molecule has 0 amide bonds. The zero-order chi connectivity index (χ0) is 15.4. The maximum Gasteiger partial charge on any atom is 0.387 e. The number of anilines is 1. The molecule has 2 aromatic rings. The lowest BCUT2D eigenvalue weighted by atomic mass is 10.1. The summed E-state index contributed by atoms with van der Waals surface area (Å²) in [6, 6.07) is 9.38. The highest BCUT2D eigenvalue weighted by Crippen LogP contribution is 2.23. The fourth-order valence-electron chi connectivity index (χ4n) is 1.86. The highest BCUT2D eigenvalue weighted by atomic mass is 19.3. The van der Waals surface area contributed by atoms with Gasteiger partial charge in [0.25, 0.3) is 0 Å². The van der Waals surface area contributed by atoms with Crippen molar-refractivity contribution in [1.82, 2.24) is 0 Å². The number of nitrogens with one attached hydrogen (secondary N) is 1. The minimum Gasteiger partial charge on any atom is -0.435 e. The van der Waals surface area contributed by atoms with Gasteiger partial charge in [0.1, 0.15) is 5.75 Å². The van der Waals surface area contributed by atoms with Crippen LogP contribution in [0.25, 0.3) is 0 Å². The minimum absolute atomic E-state index is 0.0637. The molecule has 2 rings (SSSR count). The van der Waals surface area contributed by atoms with E-state index in [4.69, 9.17) is 0 Å². The molecule has 0 aromatic heterocycles. The summed E-state index contributed by atoms with van der Waals surface area (Å²) >= 11 is 0. The lowest BCUT2D eigenvalue weighted by molar-refractivity contribution is -0.0498. The van der Waals surface area contributed by atoms with Crippen LogP contribution in [0.3, 0.4) is 0 Å². The summed E-state index contributed by atoms with van der Waals surface area (Å²) in [5, 5.41) is 2.99. The van der Waals surface area contributed by atoms with Gasteiger partial charge in [0.15, 0.2) is 11.6 Å². The Morgan fingerprint density at radius 2 is 1.62 bits per heavy atom. The molecule has 21 heavy (non-hydrogen) atoms. The summed E-state index contributed by atoms with van der Waals surface area (Å²) in [5.41, 5.74) is 1.22. The normalized spacial score (nSPS) is 12.3. The zero-order valence-electron chi connectivity index (χ0n) is 11.1. The van der Waals surface area contributed by atoms with Crippen molar-refractivity contribution in [3.8, 4) is 5.75 Å². The molecule has 0 saturated heterocycles. The maximum absolute atomic E-state index is 13.1. The lowest BCUT2D eigenvalue weighted by Crippen LogP contribution is -2.07. The Morgan fingerprint density at radius 3 is 2.19 bits per heavy atom. The van der Waals surface area contributed by atoms with Gasteiger partial charge >= 0.3 is 6.61 Å². The second-order valence-corrected chi connectivity index (χ2v) is 4.44. The van der Waals surface area contributed by atoms with E-state index in [1.807, 2.05) is 6.92 Å². The van der Waals surface area contributed by atoms with Crippen LogP contribution in [0.4, 0.5) is 23.2 Å². The Labute approximate surface area is 119 Å². The fraction of sp³-hybridized carbons (Fsp3) is 0.200. The van der Waals surface area contributed by atoms with Crippen molar-refractivity contribution in [2.75, 3.05) is 5.32 Å². The van der Waals surface area contributed by atoms with Crippen molar-refractivity contribution >= 4 is 5.69 Å². The van der Waals surface area contributed by atoms with Crippen LogP contribution in [-0.2, 0) is 0 Å². The average molecular weight is 299 g/mol. The van der Waals surface area contributed by atoms with E-state index in [2.05, 4.69) is 10.1 Å². The standard InChI is InChI=1S/C15H13F4NO/c1-9(20-11-4-7-13(16)14(17)8-11)10-2-5-12(6-3-10)21-15(18)19/h2-9,15,20H,1H3. The third-order valence-electron chi connectivity index (χ3n) is 2.91. The summed E-state index contributed by atoms with van der Waals surface area (Å²) < 4.78 is 54.3. The van der Waals surface area contributed by atoms with E-state index in [0.29, 0.717) is 5.69 Å². The van der Waals surface area contributed by atoms with Gasteiger partial charge in [-0.3, -0.25) is 0 Å². The number of alkyl halides is 2. The second kappa shape index (κ2) is 6.47. The maximum atomic E-state index is 13.1. The molecule has 0 aliphatic heterocycles. The van der Waals surface area contributed by atoms with Crippen LogP contribution in [0.15, 0.2) is 42.5 Å². The van der Waals surface area contributed by atoms with Gasteiger partial charge in [0, 0.05) is 17.8 Å². The van der Waals surface area contributed by atoms with Crippen molar-refractivity contribution in [2.45, 2.75) is 19.6 Å².